The molecule has 0 aliphatic carbocycles. The molecule has 0 fully saturated rings. The molecule has 1 rings (SSSR count). The number of rotatable bonds is 3. The fourth-order valence-corrected chi connectivity index (χ4v) is 2.20. The molecule has 2 nitrogen and oxygen atoms in total. The van der Waals surface area contributed by atoms with Crippen molar-refractivity contribution < 1.29 is 9.53 Å². The number of carbonyl (C=O) groups excluding carboxylic acids is 1. The van der Waals surface area contributed by atoms with E-state index >= 15 is 0 Å². The molecule has 2 heteroatoms. The van der Waals surface area contributed by atoms with E-state index in [9.17, 15) is 4.79 Å². The van der Waals surface area contributed by atoms with Gasteiger partial charge in [0.25, 0.3) is 0 Å². The van der Waals surface area contributed by atoms with Gasteiger partial charge in [0, 0.05) is 0 Å². The molecule has 0 unspecified atom stereocenters. The smallest absolute Gasteiger partial charge is 0.308 e. The Hall–Kier alpha value is -1.31. The minimum atomic E-state index is -0.175. The molecule has 0 amide bonds. The van der Waals surface area contributed by atoms with Gasteiger partial charge in [-0.05, 0) is 44.4 Å². The van der Waals surface area contributed by atoms with Crippen molar-refractivity contribution in [1.82, 2.24) is 0 Å². The van der Waals surface area contributed by atoms with Crippen LogP contribution in [0.5, 0.6) is 0 Å². The van der Waals surface area contributed by atoms with Gasteiger partial charge in [-0.25, -0.2) is 0 Å². The summed E-state index contributed by atoms with van der Waals surface area (Å²) in [4.78, 5) is 11.6. The van der Waals surface area contributed by atoms with Crippen molar-refractivity contribution in [2.45, 2.75) is 47.6 Å². The van der Waals surface area contributed by atoms with E-state index in [4.69, 9.17) is 4.74 Å². The summed E-state index contributed by atoms with van der Waals surface area (Å²) in [5.41, 5.74) is 4.74. The van der Waals surface area contributed by atoms with Gasteiger partial charge in [0.2, 0.25) is 0 Å². The summed E-state index contributed by atoms with van der Waals surface area (Å²) in [5, 5.41) is 0. The first kappa shape index (κ1) is 13.8. The highest BCUT2D eigenvalue weighted by Crippen LogP contribution is 2.26. The monoisotopic (exact) mass is 234 g/mol. The van der Waals surface area contributed by atoms with Gasteiger partial charge in [-0.1, -0.05) is 31.5 Å². The second-order valence-electron chi connectivity index (χ2n) is 5.05. The molecule has 17 heavy (non-hydrogen) atoms. The SMILES string of the molecule is Cc1cc(C)c([C@H](C)OC(=O)C(C)C)c(C)c1. The van der Waals surface area contributed by atoms with Gasteiger partial charge in [-0.3, -0.25) is 4.79 Å². The third-order valence-corrected chi connectivity index (χ3v) is 2.91. The standard InChI is InChI=1S/C15H22O2/c1-9(2)15(16)17-13(6)14-11(4)7-10(3)8-12(14)5/h7-9,13H,1-6H3/t13-/m0/s1. The maximum atomic E-state index is 11.6. The average Bonchev–Trinajstić information content (AvgIpc) is 2.15. The van der Waals surface area contributed by atoms with Gasteiger partial charge in [-0.15, -0.1) is 0 Å². The van der Waals surface area contributed by atoms with Crippen LogP contribution in [0.15, 0.2) is 12.1 Å². The molecule has 0 aromatic heterocycles. The van der Waals surface area contributed by atoms with Crippen molar-refractivity contribution in [2.24, 2.45) is 5.92 Å². The van der Waals surface area contributed by atoms with Crippen LogP contribution in [-0.4, -0.2) is 5.97 Å². The maximum Gasteiger partial charge on any atom is 0.308 e. The van der Waals surface area contributed by atoms with Crippen LogP contribution >= 0.6 is 0 Å². The van der Waals surface area contributed by atoms with Gasteiger partial charge >= 0.3 is 5.97 Å². The summed E-state index contributed by atoms with van der Waals surface area (Å²) in [6.07, 6.45) is -0.175. The van der Waals surface area contributed by atoms with Gasteiger partial charge in [0.1, 0.15) is 6.10 Å². The second-order valence-corrected chi connectivity index (χ2v) is 5.05. The van der Waals surface area contributed by atoms with Crippen LogP contribution in [0.4, 0.5) is 0 Å². The molecule has 0 bridgehead atoms. The summed E-state index contributed by atoms with van der Waals surface area (Å²) in [5.74, 6) is -0.222. The molecule has 0 radical (unpaired) electrons. The zero-order chi connectivity index (χ0) is 13.2. The minimum Gasteiger partial charge on any atom is -0.458 e. The van der Waals surface area contributed by atoms with Crippen LogP contribution in [-0.2, 0) is 9.53 Å². The van der Waals surface area contributed by atoms with E-state index < -0.39 is 0 Å². The molecule has 0 N–H and O–H groups in total. The number of benzene rings is 1. The Balaban J connectivity index is 2.97. The molecule has 0 saturated carbocycles. The number of hydrogen-bond donors (Lipinski definition) is 0. The lowest BCUT2D eigenvalue weighted by molar-refractivity contribution is -0.152. The third kappa shape index (κ3) is 3.32. The lowest BCUT2D eigenvalue weighted by Gasteiger charge is -2.20. The highest BCUT2D eigenvalue weighted by Gasteiger charge is 2.18. The Bertz CT molecular complexity index is 396. The Morgan fingerprint density at radius 1 is 1.06 bits per heavy atom. The maximum absolute atomic E-state index is 11.6. The molecule has 0 saturated heterocycles. The van der Waals surface area contributed by atoms with Crippen LogP contribution < -0.4 is 0 Å². The zero-order valence-electron chi connectivity index (χ0n) is 11.6. The van der Waals surface area contributed by atoms with E-state index in [1.165, 1.54) is 16.7 Å². The highest BCUT2D eigenvalue weighted by atomic mass is 16.5. The Labute approximate surface area is 104 Å². The van der Waals surface area contributed by atoms with Crippen LogP contribution in [0.2, 0.25) is 0 Å². The molecule has 0 heterocycles. The first-order valence-corrected chi connectivity index (χ1v) is 6.11. The molecule has 94 valence electrons. The summed E-state index contributed by atoms with van der Waals surface area (Å²) < 4.78 is 5.46. The van der Waals surface area contributed by atoms with E-state index in [-0.39, 0.29) is 18.0 Å². The average molecular weight is 234 g/mol. The van der Waals surface area contributed by atoms with Crippen LogP contribution in [0.3, 0.4) is 0 Å². The minimum absolute atomic E-state index is 0.0801. The van der Waals surface area contributed by atoms with E-state index in [0.29, 0.717) is 0 Å². The van der Waals surface area contributed by atoms with Crippen LogP contribution in [0.25, 0.3) is 0 Å². The topological polar surface area (TPSA) is 26.3 Å². The molecule has 0 aliphatic heterocycles. The number of ether oxygens (including phenoxy) is 1. The molecule has 1 atom stereocenters. The summed E-state index contributed by atoms with van der Waals surface area (Å²) in [7, 11) is 0. The Morgan fingerprint density at radius 3 is 1.94 bits per heavy atom. The van der Waals surface area contributed by atoms with Crippen LogP contribution in [0, 0.1) is 26.7 Å². The van der Waals surface area contributed by atoms with E-state index in [2.05, 4.69) is 32.9 Å². The summed E-state index contributed by atoms with van der Waals surface area (Å²) >= 11 is 0. The third-order valence-electron chi connectivity index (χ3n) is 2.91. The lowest BCUT2D eigenvalue weighted by Crippen LogP contribution is -2.15. The van der Waals surface area contributed by atoms with Gasteiger partial charge < -0.3 is 4.74 Å². The lowest BCUT2D eigenvalue weighted by atomic mass is 9.96. The number of aryl methyl sites for hydroxylation is 3. The van der Waals surface area contributed by atoms with Crippen molar-refractivity contribution in [3.63, 3.8) is 0 Å². The normalized spacial score (nSPS) is 12.6. The van der Waals surface area contributed by atoms with Crippen molar-refractivity contribution in [1.29, 1.82) is 0 Å². The Kier molecular flexibility index (Phi) is 4.33. The number of carbonyl (C=O) groups is 1. The molecule has 0 aliphatic rings. The van der Waals surface area contributed by atoms with Crippen molar-refractivity contribution >= 4 is 5.97 Å². The van der Waals surface area contributed by atoms with E-state index in [1.807, 2.05) is 20.8 Å². The van der Waals surface area contributed by atoms with E-state index in [0.717, 1.165) is 5.56 Å². The van der Waals surface area contributed by atoms with Gasteiger partial charge in [0.15, 0.2) is 0 Å². The Morgan fingerprint density at radius 2 is 1.53 bits per heavy atom. The first-order valence-electron chi connectivity index (χ1n) is 6.11. The molecule has 1 aromatic carbocycles. The predicted octanol–water partition coefficient (Wildman–Crippen LogP) is 3.87. The molecule has 0 spiro atoms. The quantitative estimate of drug-likeness (QED) is 0.742. The number of esters is 1. The fourth-order valence-electron chi connectivity index (χ4n) is 2.20. The summed E-state index contributed by atoms with van der Waals surface area (Å²) in [6, 6.07) is 4.25. The fraction of sp³-hybridized carbons (Fsp3) is 0.533. The number of hydrogen-bond acceptors (Lipinski definition) is 2. The van der Waals surface area contributed by atoms with Crippen molar-refractivity contribution in [3.8, 4) is 0 Å². The molecular weight excluding hydrogens is 212 g/mol. The largest absolute Gasteiger partial charge is 0.458 e. The highest BCUT2D eigenvalue weighted by molar-refractivity contribution is 5.71. The van der Waals surface area contributed by atoms with Gasteiger partial charge in [0.05, 0.1) is 5.92 Å². The van der Waals surface area contributed by atoms with Gasteiger partial charge in [-0.2, -0.15) is 0 Å². The van der Waals surface area contributed by atoms with Crippen molar-refractivity contribution in [3.05, 3.63) is 34.4 Å². The molecular formula is C15H22O2. The van der Waals surface area contributed by atoms with E-state index in [1.54, 1.807) is 0 Å². The second kappa shape index (κ2) is 5.35. The summed E-state index contributed by atoms with van der Waals surface area (Å²) in [6.45, 7) is 11.8. The van der Waals surface area contributed by atoms with Crippen molar-refractivity contribution in [2.75, 3.05) is 0 Å². The van der Waals surface area contributed by atoms with Crippen LogP contribution in [0.1, 0.15) is 49.1 Å². The molecule has 1 aromatic rings. The first-order chi connectivity index (χ1) is 7.82. The zero-order valence-corrected chi connectivity index (χ0v) is 11.6. The predicted molar refractivity (Wildman–Crippen MR) is 70.0 cm³/mol.